The Morgan fingerprint density at radius 2 is 1.96 bits per heavy atom. The first kappa shape index (κ1) is 17.4. The fourth-order valence-corrected chi connectivity index (χ4v) is 5.26. The van der Waals surface area contributed by atoms with Gasteiger partial charge in [-0.05, 0) is 30.0 Å². The molecule has 138 valence electrons. The van der Waals surface area contributed by atoms with Crippen LogP contribution >= 0.6 is 0 Å². The number of piperidine rings is 1. The molecule has 2 bridgehead atoms. The molecule has 4 heterocycles. The molecule has 2 atom stereocenters. The van der Waals surface area contributed by atoms with E-state index in [1.807, 2.05) is 22.8 Å². The van der Waals surface area contributed by atoms with Crippen molar-refractivity contribution in [3.8, 4) is 11.1 Å². The molecule has 2 aromatic heterocycles. The van der Waals surface area contributed by atoms with Crippen LogP contribution in [-0.4, -0.2) is 53.8 Å². The molecule has 0 saturated carbocycles. The lowest BCUT2D eigenvalue weighted by Crippen LogP contribution is -2.51. The van der Waals surface area contributed by atoms with Gasteiger partial charge in [-0.2, -0.15) is 17.0 Å². The zero-order valence-electron chi connectivity index (χ0n) is 14.9. The van der Waals surface area contributed by atoms with Crippen LogP contribution in [0.2, 0.25) is 0 Å². The number of pyridine rings is 2. The molecule has 2 aliphatic heterocycles. The third-order valence-electron chi connectivity index (χ3n) is 5.31. The lowest BCUT2D eigenvalue weighted by atomic mass is 9.83. The number of aromatic nitrogens is 2. The topological polar surface area (TPSA) is 75.5 Å². The number of nitrogens with zero attached hydrogens (tertiary/aromatic N) is 4. The highest BCUT2D eigenvalue weighted by Crippen LogP contribution is 2.37. The van der Waals surface area contributed by atoms with Gasteiger partial charge >= 0.3 is 0 Å². The Bertz CT molecular complexity index is 985. The second-order valence-corrected chi connectivity index (χ2v) is 9.41. The minimum absolute atomic E-state index is 0.0278. The molecule has 0 N–H and O–H groups in total. The van der Waals surface area contributed by atoms with E-state index in [-0.39, 0.29) is 17.4 Å². The van der Waals surface area contributed by atoms with Gasteiger partial charge in [-0.3, -0.25) is 9.78 Å². The first-order chi connectivity index (χ1) is 12.4. The van der Waals surface area contributed by atoms with Gasteiger partial charge in [0.15, 0.2) is 0 Å². The number of hydrogen-bond donors (Lipinski definition) is 0. The third kappa shape index (κ3) is 2.87. The van der Waals surface area contributed by atoms with Crippen molar-refractivity contribution >= 4 is 10.2 Å². The van der Waals surface area contributed by atoms with Crippen molar-refractivity contribution in [3.05, 3.63) is 52.7 Å². The largest absolute Gasteiger partial charge is 0.312 e. The van der Waals surface area contributed by atoms with Crippen molar-refractivity contribution in [1.82, 2.24) is 18.2 Å². The van der Waals surface area contributed by atoms with Crippen molar-refractivity contribution in [2.75, 3.05) is 27.2 Å². The highest BCUT2D eigenvalue weighted by molar-refractivity contribution is 7.86. The van der Waals surface area contributed by atoms with Crippen molar-refractivity contribution in [3.63, 3.8) is 0 Å². The van der Waals surface area contributed by atoms with E-state index in [2.05, 4.69) is 4.98 Å². The van der Waals surface area contributed by atoms with Gasteiger partial charge in [0.05, 0.1) is 0 Å². The van der Waals surface area contributed by atoms with Gasteiger partial charge in [-0.1, -0.05) is 6.07 Å². The lowest BCUT2D eigenvalue weighted by Gasteiger charge is -2.42. The molecular formula is C18H22N4O3S. The zero-order chi connectivity index (χ0) is 18.5. The van der Waals surface area contributed by atoms with Crippen LogP contribution in [0, 0.1) is 5.92 Å². The zero-order valence-corrected chi connectivity index (χ0v) is 15.7. The molecule has 4 rings (SSSR count). The monoisotopic (exact) mass is 374 g/mol. The smallest absolute Gasteiger partial charge is 0.281 e. The molecule has 0 spiro atoms. The molecule has 0 radical (unpaired) electrons. The summed E-state index contributed by atoms with van der Waals surface area (Å²) in [6, 6.07) is 7.43. The summed E-state index contributed by atoms with van der Waals surface area (Å²) < 4.78 is 29.7. The molecule has 2 aromatic rings. The first-order valence-corrected chi connectivity index (χ1v) is 10.1. The van der Waals surface area contributed by atoms with Crippen LogP contribution in [0.5, 0.6) is 0 Å². The van der Waals surface area contributed by atoms with E-state index in [0.29, 0.717) is 19.6 Å². The van der Waals surface area contributed by atoms with Crippen LogP contribution in [-0.2, 0) is 16.8 Å². The van der Waals surface area contributed by atoms with Crippen molar-refractivity contribution < 1.29 is 8.42 Å². The number of hydrogen-bond acceptors (Lipinski definition) is 4. The van der Waals surface area contributed by atoms with Crippen LogP contribution in [0.15, 0.2) is 41.5 Å². The SMILES string of the molecule is CN(C)S(=O)(=O)N1C[C@@H]2C[C@H](C1)c1cc(-c3cccnc3)cc(=O)n1C2. The Labute approximate surface area is 153 Å². The van der Waals surface area contributed by atoms with Crippen LogP contribution in [0.4, 0.5) is 0 Å². The Hall–Kier alpha value is -2.03. The van der Waals surface area contributed by atoms with Crippen molar-refractivity contribution in [2.45, 2.75) is 18.9 Å². The maximum Gasteiger partial charge on any atom is 0.281 e. The molecule has 0 aliphatic carbocycles. The van der Waals surface area contributed by atoms with Crippen molar-refractivity contribution in [1.29, 1.82) is 0 Å². The van der Waals surface area contributed by atoms with Gasteiger partial charge < -0.3 is 4.57 Å². The predicted molar refractivity (Wildman–Crippen MR) is 99.0 cm³/mol. The highest BCUT2D eigenvalue weighted by Gasteiger charge is 2.39. The van der Waals surface area contributed by atoms with Crippen LogP contribution < -0.4 is 5.56 Å². The average Bonchev–Trinajstić information content (AvgIpc) is 2.63. The summed E-state index contributed by atoms with van der Waals surface area (Å²) in [6.45, 7) is 1.44. The second-order valence-electron chi connectivity index (χ2n) is 7.27. The standard InChI is InChI=1S/C18H22N4O3S/c1-20(2)26(24,25)21-10-13-6-16(12-21)17-7-15(8-18(23)22(17)11-13)14-4-3-5-19-9-14/h3-5,7-9,13,16H,6,10-12H2,1-2H3/t13-,16+/m0/s1. The fraction of sp³-hybridized carbons (Fsp3) is 0.444. The van der Waals surface area contributed by atoms with E-state index in [4.69, 9.17) is 0 Å². The van der Waals surface area contributed by atoms with Crippen molar-refractivity contribution in [2.24, 2.45) is 5.92 Å². The molecule has 26 heavy (non-hydrogen) atoms. The Kier molecular flexibility index (Phi) is 4.21. The van der Waals surface area contributed by atoms with Gasteiger partial charge in [0.1, 0.15) is 0 Å². The number of fused-ring (bicyclic) bond motifs is 4. The van der Waals surface area contributed by atoms with Crippen LogP contribution in [0.25, 0.3) is 11.1 Å². The fourth-order valence-electron chi connectivity index (χ4n) is 4.03. The predicted octanol–water partition coefficient (Wildman–Crippen LogP) is 1.14. The molecule has 1 fully saturated rings. The van der Waals surface area contributed by atoms with Gasteiger partial charge in [-0.15, -0.1) is 0 Å². The summed E-state index contributed by atoms with van der Waals surface area (Å²) in [5.41, 5.74) is 2.62. The van der Waals surface area contributed by atoms with E-state index in [0.717, 1.165) is 23.2 Å². The van der Waals surface area contributed by atoms with E-state index >= 15 is 0 Å². The Balaban J connectivity index is 1.75. The van der Waals surface area contributed by atoms with E-state index in [1.165, 1.54) is 4.31 Å². The molecule has 0 aromatic carbocycles. The van der Waals surface area contributed by atoms with Gasteiger partial charge in [0.25, 0.3) is 15.8 Å². The maximum absolute atomic E-state index is 12.7. The maximum atomic E-state index is 12.7. The van der Waals surface area contributed by atoms with Crippen LogP contribution in [0.3, 0.4) is 0 Å². The highest BCUT2D eigenvalue weighted by atomic mass is 32.2. The molecule has 0 unspecified atom stereocenters. The molecule has 0 amide bonds. The third-order valence-corrected chi connectivity index (χ3v) is 7.18. The quantitative estimate of drug-likeness (QED) is 0.807. The summed E-state index contributed by atoms with van der Waals surface area (Å²) in [5.74, 6) is 0.194. The lowest BCUT2D eigenvalue weighted by molar-refractivity contribution is 0.180. The van der Waals surface area contributed by atoms with Gasteiger partial charge in [0, 0.05) is 69.4 Å². The Morgan fingerprint density at radius 1 is 1.15 bits per heavy atom. The minimum atomic E-state index is -3.45. The van der Waals surface area contributed by atoms with Gasteiger partial charge in [-0.25, -0.2) is 0 Å². The minimum Gasteiger partial charge on any atom is -0.312 e. The molecule has 7 nitrogen and oxygen atoms in total. The Morgan fingerprint density at radius 3 is 2.65 bits per heavy atom. The van der Waals surface area contributed by atoms with E-state index in [1.54, 1.807) is 36.9 Å². The average molecular weight is 374 g/mol. The summed E-state index contributed by atoms with van der Waals surface area (Å²) in [5, 5.41) is 0. The molecule has 2 aliphatic rings. The summed E-state index contributed by atoms with van der Waals surface area (Å²) >= 11 is 0. The molecule has 8 heteroatoms. The van der Waals surface area contributed by atoms with Crippen LogP contribution in [0.1, 0.15) is 18.0 Å². The molecule has 1 saturated heterocycles. The summed E-state index contributed by atoms with van der Waals surface area (Å²) in [4.78, 5) is 16.8. The summed E-state index contributed by atoms with van der Waals surface area (Å²) in [6.07, 6.45) is 4.35. The summed E-state index contributed by atoms with van der Waals surface area (Å²) in [7, 11) is -0.339. The van der Waals surface area contributed by atoms with Gasteiger partial charge in [0.2, 0.25) is 0 Å². The van der Waals surface area contributed by atoms with E-state index < -0.39 is 10.2 Å². The first-order valence-electron chi connectivity index (χ1n) is 8.69. The molecular weight excluding hydrogens is 352 g/mol. The number of rotatable bonds is 3. The normalized spacial score (nSPS) is 23.0. The second kappa shape index (κ2) is 6.29. The van der Waals surface area contributed by atoms with E-state index in [9.17, 15) is 13.2 Å².